The summed E-state index contributed by atoms with van der Waals surface area (Å²) >= 11 is 0. The highest BCUT2D eigenvalue weighted by Gasteiger charge is 2.28. The Bertz CT molecular complexity index is 866. The molecule has 0 unspecified atom stereocenters. The predicted molar refractivity (Wildman–Crippen MR) is 107 cm³/mol. The molecule has 1 fully saturated rings. The third-order valence-corrected chi connectivity index (χ3v) is 5.82. The van der Waals surface area contributed by atoms with Crippen LogP contribution in [0.3, 0.4) is 0 Å². The fourth-order valence-corrected chi connectivity index (χ4v) is 4.01. The first-order valence-electron chi connectivity index (χ1n) is 10.2. The maximum atomic E-state index is 13.0. The summed E-state index contributed by atoms with van der Waals surface area (Å²) in [5.74, 6) is 1.45. The summed E-state index contributed by atoms with van der Waals surface area (Å²) in [7, 11) is 2.15. The van der Waals surface area contributed by atoms with Crippen molar-refractivity contribution in [3.63, 3.8) is 0 Å². The summed E-state index contributed by atoms with van der Waals surface area (Å²) in [6, 6.07) is 5.71. The highest BCUT2D eigenvalue weighted by atomic mass is 19.1. The van der Waals surface area contributed by atoms with Gasteiger partial charge in [-0.1, -0.05) is 0 Å². The maximum absolute atomic E-state index is 13.0. The number of carbonyl (C=O) groups excluding carboxylic acids is 1. The van der Waals surface area contributed by atoms with E-state index in [1.165, 1.54) is 24.3 Å². The molecule has 3 heterocycles. The second-order valence-electron chi connectivity index (χ2n) is 8.00. The zero-order valence-electron chi connectivity index (χ0n) is 17.0. The molecule has 0 radical (unpaired) electrons. The van der Waals surface area contributed by atoms with Crippen molar-refractivity contribution in [3.8, 4) is 5.75 Å². The van der Waals surface area contributed by atoms with E-state index >= 15 is 0 Å². The quantitative estimate of drug-likeness (QED) is 0.793. The second-order valence-corrected chi connectivity index (χ2v) is 8.00. The molecule has 6 nitrogen and oxygen atoms in total. The van der Waals surface area contributed by atoms with E-state index < -0.39 is 6.10 Å². The number of fused-ring (bicyclic) bond motifs is 1. The first-order chi connectivity index (χ1) is 14.0. The Balaban J connectivity index is 1.39. The highest BCUT2D eigenvalue weighted by Crippen LogP contribution is 2.27. The number of nitrogens with zero attached hydrogens (tertiary/aromatic N) is 4. The maximum Gasteiger partial charge on any atom is 0.263 e. The van der Waals surface area contributed by atoms with Crippen molar-refractivity contribution in [3.05, 3.63) is 53.4 Å². The molecule has 4 rings (SSSR count). The molecule has 2 aliphatic rings. The van der Waals surface area contributed by atoms with Crippen LogP contribution in [-0.2, 0) is 17.8 Å². The minimum absolute atomic E-state index is 0.0839. The molecular weight excluding hydrogens is 371 g/mol. The Labute approximate surface area is 170 Å². The van der Waals surface area contributed by atoms with Gasteiger partial charge in [-0.3, -0.25) is 4.79 Å². The summed E-state index contributed by atoms with van der Waals surface area (Å²) in [5, 5.41) is 0. The standard InChI is InChI=1S/C22H27FN4O2/c1-15(29-19-5-3-18(23)4-6-19)22(28)27-12-9-20-17(14-27)13-24-21(25-20)16-7-10-26(2)11-8-16/h3-6,13,15-16H,7-12,14H2,1-2H3/t15-/m0/s1. The van der Waals surface area contributed by atoms with E-state index in [4.69, 9.17) is 9.72 Å². The van der Waals surface area contributed by atoms with Crippen LogP contribution in [0.1, 0.15) is 42.8 Å². The molecule has 0 spiro atoms. The van der Waals surface area contributed by atoms with Crippen LogP contribution < -0.4 is 4.74 Å². The highest BCUT2D eigenvalue weighted by molar-refractivity contribution is 5.81. The SMILES string of the molecule is C[C@H](Oc1ccc(F)cc1)C(=O)N1CCc2nc(C3CCN(C)CC3)ncc2C1. The fraction of sp³-hybridized carbons (Fsp3) is 0.500. The first kappa shape index (κ1) is 19.8. The topological polar surface area (TPSA) is 58.6 Å². The van der Waals surface area contributed by atoms with E-state index in [0.717, 1.165) is 49.4 Å². The zero-order valence-corrected chi connectivity index (χ0v) is 17.0. The van der Waals surface area contributed by atoms with Gasteiger partial charge in [0.2, 0.25) is 0 Å². The molecular formula is C22H27FN4O2. The Morgan fingerprint density at radius 1 is 1.21 bits per heavy atom. The average molecular weight is 398 g/mol. The number of piperidine rings is 1. The minimum Gasteiger partial charge on any atom is -0.481 e. The fourth-order valence-electron chi connectivity index (χ4n) is 4.01. The number of ether oxygens (including phenoxy) is 1. The number of likely N-dealkylation sites (tertiary alicyclic amines) is 1. The van der Waals surface area contributed by atoms with E-state index in [-0.39, 0.29) is 11.7 Å². The van der Waals surface area contributed by atoms with E-state index in [1.54, 1.807) is 11.8 Å². The van der Waals surface area contributed by atoms with Crippen molar-refractivity contribution in [1.29, 1.82) is 0 Å². The molecule has 2 aromatic rings. The van der Waals surface area contributed by atoms with Crippen molar-refractivity contribution >= 4 is 5.91 Å². The number of halogens is 1. The summed E-state index contributed by atoms with van der Waals surface area (Å²) in [4.78, 5) is 26.4. The number of carbonyl (C=O) groups is 1. The molecule has 7 heteroatoms. The van der Waals surface area contributed by atoms with Crippen molar-refractivity contribution in [2.24, 2.45) is 0 Å². The summed E-state index contributed by atoms with van der Waals surface area (Å²) in [6.45, 7) is 5.01. The van der Waals surface area contributed by atoms with Crippen molar-refractivity contribution < 1.29 is 13.9 Å². The number of amides is 1. The Morgan fingerprint density at radius 3 is 2.66 bits per heavy atom. The third-order valence-electron chi connectivity index (χ3n) is 5.82. The van der Waals surface area contributed by atoms with Crippen LogP contribution in [0.4, 0.5) is 4.39 Å². The summed E-state index contributed by atoms with van der Waals surface area (Å²) in [6.07, 6.45) is 4.17. The monoisotopic (exact) mass is 398 g/mol. The molecule has 0 saturated carbocycles. The lowest BCUT2D eigenvalue weighted by molar-refractivity contribution is -0.138. The molecule has 1 amide bonds. The molecule has 29 heavy (non-hydrogen) atoms. The Kier molecular flexibility index (Phi) is 5.76. The molecule has 0 N–H and O–H groups in total. The van der Waals surface area contributed by atoms with Gasteiger partial charge in [0.1, 0.15) is 17.4 Å². The lowest BCUT2D eigenvalue weighted by Gasteiger charge is -2.31. The van der Waals surface area contributed by atoms with Crippen LogP contribution >= 0.6 is 0 Å². The number of rotatable bonds is 4. The van der Waals surface area contributed by atoms with Crippen LogP contribution in [-0.4, -0.2) is 58.5 Å². The summed E-state index contributed by atoms with van der Waals surface area (Å²) in [5.41, 5.74) is 2.07. The largest absolute Gasteiger partial charge is 0.481 e. The van der Waals surface area contributed by atoms with Gasteiger partial charge < -0.3 is 14.5 Å². The van der Waals surface area contributed by atoms with Gasteiger partial charge in [0.25, 0.3) is 5.91 Å². The second kappa shape index (κ2) is 8.45. The Morgan fingerprint density at radius 2 is 1.93 bits per heavy atom. The van der Waals surface area contributed by atoms with Crippen molar-refractivity contribution in [2.45, 2.75) is 44.8 Å². The smallest absolute Gasteiger partial charge is 0.263 e. The number of hydrogen-bond donors (Lipinski definition) is 0. The van der Waals surface area contributed by atoms with Crippen LogP contribution in [0, 0.1) is 5.82 Å². The molecule has 154 valence electrons. The zero-order chi connectivity index (χ0) is 20.4. The third kappa shape index (κ3) is 4.56. The van der Waals surface area contributed by atoms with Gasteiger partial charge in [-0.15, -0.1) is 0 Å². The lowest BCUT2D eigenvalue weighted by Crippen LogP contribution is -2.43. The van der Waals surface area contributed by atoms with Crippen LogP contribution in [0.15, 0.2) is 30.5 Å². The van der Waals surface area contributed by atoms with Crippen LogP contribution in [0.5, 0.6) is 5.75 Å². The van der Waals surface area contributed by atoms with Gasteiger partial charge in [0, 0.05) is 37.2 Å². The van der Waals surface area contributed by atoms with Gasteiger partial charge >= 0.3 is 0 Å². The first-order valence-corrected chi connectivity index (χ1v) is 10.2. The molecule has 1 atom stereocenters. The van der Waals surface area contributed by atoms with E-state index in [2.05, 4.69) is 16.9 Å². The van der Waals surface area contributed by atoms with Crippen LogP contribution in [0.2, 0.25) is 0 Å². The number of benzene rings is 1. The Hall–Kier alpha value is -2.54. The summed E-state index contributed by atoms with van der Waals surface area (Å²) < 4.78 is 18.7. The van der Waals surface area contributed by atoms with Crippen molar-refractivity contribution in [1.82, 2.24) is 19.8 Å². The van der Waals surface area contributed by atoms with Gasteiger partial charge in [-0.25, -0.2) is 14.4 Å². The van der Waals surface area contributed by atoms with Gasteiger partial charge in [-0.2, -0.15) is 0 Å². The van der Waals surface area contributed by atoms with Gasteiger partial charge in [0.05, 0.1) is 5.69 Å². The molecule has 1 aromatic carbocycles. The molecule has 0 aliphatic carbocycles. The average Bonchev–Trinajstić information content (AvgIpc) is 2.74. The molecule has 2 aliphatic heterocycles. The van der Waals surface area contributed by atoms with Gasteiger partial charge in [-0.05, 0) is 64.2 Å². The number of aromatic nitrogens is 2. The van der Waals surface area contributed by atoms with E-state index in [0.29, 0.717) is 24.8 Å². The van der Waals surface area contributed by atoms with Gasteiger partial charge in [0.15, 0.2) is 6.10 Å². The molecule has 0 bridgehead atoms. The normalized spacial score (nSPS) is 18.9. The molecule has 1 saturated heterocycles. The minimum atomic E-state index is -0.638. The van der Waals surface area contributed by atoms with Crippen molar-refractivity contribution in [2.75, 3.05) is 26.7 Å². The van der Waals surface area contributed by atoms with Crippen LogP contribution in [0.25, 0.3) is 0 Å². The lowest BCUT2D eigenvalue weighted by atomic mass is 9.95. The van der Waals surface area contributed by atoms with E-state index in [1.807, 2.05) is 6.20 Å². The number of hydrogen-bond acceptors (Lipinski definition) is 5. The van der Waals surface area contributed by atoms with E-state index in [9.17, 15) is 9.18 Å². The predicted octanol–water partition coefficient (Wildman–Crippen LogP) is 2.78. The molecule has 1 aromatic heterocycles.